The number of benzene rings is 2. The number of carbonyl (C=O) groups excluding carboxylic acids is 2. The monoisotopic (exact) mass is 514 g/mol. The van der Waals surface area contributed by atoms with Crippen LogP contribution in [0.2, 0.25) is 0 Å². The molecule has 0 radical (unpaired) electrons. The number of ether oxygens (including phenoxy) is 2. The Hall–Kier alpha value is -4.05. The SMILES string of the molecule is CCOc1cc(C(=O)N2CC3C(C2)[C@@H]2CN(C(=O)c4ccc5c(c4)NNN5)C[C@H]32)nc2cc(OC)ccc12. The minimum absolute atomic E-state index is 0.0658. The maximum Gasteiger partial charge on any atom is 0.272 e. The van der Waals surface area contributed by atoms with Gasteiger partial charge in [0.2, 0.25) is 0 Å². The zero-order chi connectivity index (χ0) is 26.0. The normalized spacial score (nSPS) is 24.7. The van der Waals surface area contributed by atoms with Crippen molar-refractivity contribution in [1.29, 1.82) is 0 Å². The minimum Gasteiger partial charge on any atom is -0.497 e. The van der Waals surface area contributed by atoms with Gasteiger partial charge in [0.1, 0.15) is 17.2 Å². The first-order chi connectivity index (χ1) is 18.5. The van der Waals surface area contributed by atoms with Crippen LogP contribution in [0.1, 0.15) is 27.8 Å². The Kier molecular flexibility index (Phi) is 5.33. The number of amides is 2. The smallest absolute Gasteiger partial charge is 0.272 e. The zero-order valence-corrected chi connectivity index (χ0v) is 21.4. The van der Waals surface area contributed by atoms with Crippen LogP contribution in [-0.4, -0.2) is 66.5 Å². The fourth-order valence-corrected chi connectivity index (χ4v) is 6.79. The van der Waals surface area contributed by atoms with Gasteiger partial charge in [0.15, 0.2) is 0 Å². The molecular weight excluding hydrogens is 484 g/mol. The van der Waals surface area contributed by atoms with Crippen LogP contribution in [0.25, 0.3) is 10.9 Å². The van der Waals surface area contributed by atoms with Crippen molar-refractivity contribution < 1.29 is 19.1 Å². The van der Waals surface area contributed by atoms with Crippen LogP contribution in [-0.2, 0) is 0 Å². The van der Waals surface area contributed by atoms with Crippen molar-refractivity contribution in [3.8, 4) is 11.5 Å². The predicted molar refractivity (Wildman–Crippen MR) is 142 cm³/mol. The standard InChI is InChI=1S/C28H30N6O4/c1-3-38-26-10-25(29-23-9-16(37-2)5-6-17(23)26)28(36)34-13-20-18-11-33(12-19(18)21(20)14-34)27(35)15-4-7-22-24(8-15)31-32-30-22/h4-10,18-21,30-32H,3,11-14H2,1-2H3/t18-,19+,20?,21?. The van der Waals surface area contributed by atoms with Gasteiger partial charge >= 0.3 is 0 Å². The molecule has 4 atom stereocenters. The number of rotatable bonds is 5. The quantitative estimate of drug-likeness (QED) is 0.477. The molecule has 1 aliphatic carbocycles. The van der Waals surface area contributed by atoms with E-state index in [2.05, 4.69) is 21.4 Å². The summed E-state index contributed by atoms with van der Waals surface area (Å²) in [6.45, 7) is 5.33. The van der Waals surface area contributed by atoms with Crippen molar-refractivity contribution in [1.82, 2.24) is 20.3 Å². The lowest BCUT2D eigenvalue weighted by Crippen LogP contribution is -2.44. The summed E-state index contributed by atoms with van der Waals surface area (Å²) in [5.41, 5.74) is 12.4. The van der Waals surface area contributed by atoms with E-state index in [0.717, 1.165) is 29.9 Å². The fraction of sp³-hybridized carbons (Fsp3) is 0.393. The minimum atomic E-state index is -0.0658. The summed E-state index contributed by atoms with van der Waals surface area (Å²) in [6, 6.07) is 13.0. The van der Waals surface area contributed by atoms with Crippen molar-refractivity contribution in [3.63, 3.8) is 0 Å². The molecule has 3 fully saturated rings. The molecule has 0 bridgehead atoms. The molecule has 196 valence electrons. The maximum atomic E-state index is 13.6. The lowest BCUT2D eigenvalue weighted by Gasteiger charge is -2.42. The maximum absolute atomic E-state index is 13.6. The highest BCUT2D eigenvalue weighted by molar-refractivity contribution is 5.98. The highest BCUT2D eigenvalue weighted by Crippen LogP contribution is 2.54. The average Bonchev–Trinajstić information content (AvgIpc) is 3.66. The number of likely N-dealkylation sites (tertiary alicyclic amines) is 2. The van der Waals surface area contributed by atoms with Crippen molar-refractivity contribution in [2.45, 2.75) is 6.92 Å². The molecule has 2 aromatic carbocycles. The third-order valence-electron chi connectivity index (χ3n) is 8.66. The molecule has 1 aromatic heterocycles. The number of hydrogen-bond acceptors (Lipinski definition) is 8. The molecule has 7 rings (SSSR count). The molecule has 3 aliphatic heterocycles. The topological polar surface area (TPSA) is 108 Å². The summed E-state index contributed by atoms with van der Waals surface area (Å²) in [5, 5.41) is 0.858. The lowest BCUT2D eigenvalue weighted by molar-refractivity contribution is 0.0629. The van der Waals surface area contributed by atoms with Gasteiger partial charge in [0.05, 0.1) is 30.6 Å². The Morgan fingerprint density at radius 2 is 1.58 bits per heavy atom. The Morgan fingerprint density at radius 3 is 2.26 bits per heavy atom. The molecule has 2 unspecified atom stereocenters. The highest BCUT2D eigenvalue weighted by atomic mass is 16.5. The zero-order valence-electron chi connectivity index (χ0n) is 21.4. The number of hydrogen-bond donors (Lipinski definition) is 3. The Bertz CT molecular complexity index is 1440. The lowest BCUT2D eigenvalue weighted by atomic mass is 9.60. The first-order valence-corrected chi connectivity index (χ1v) is 13.1. The van der Waals surface area contributed by atoms with E-state index in [-0.39, 0.29) is 11.8 Å². The van der Waals surface area contributed by atoms with Crippen LogP contribution < -0.4 is 25.9 Å². The number of fused-ring (bicyclic) bond motifs is 6. The number of anilines is 2. The van der Waals surface area contributed by atoms with Crippen LogP contribution >= 0.6 is 0 Å². The third kappa shape index (κ3) is 3.54. The van der Waals surface area contributed by atoms with Gasteiger partial charge in [-0.25, -0.2) is 4.98 Å². The van der Waals surface area contributed by atoms with Gasteiger partial charge < -0.3 is 30.1 Å². The molecule has 4 aliphatic rings. The number of nitrogens with one attached hydrogen (secondary N) is 3. The van der Waals surface area contributed by atoms with Gasteiger partial charge in [0.25, 0.3) is 11.8 Å². The number of methoxy groups -OCH3 is 1. The predicted octanol–water partition coefficient (Wildman–Crippen LogP) is 2.99. The van der Waals surface area contributed by atoms with E-state index in [1.165, 1.54) is 0 Å². The second-order valence-electron chi connectivity index (χ2n) is 10.5. The fourth-order valence-electron chi connectivity index (χ4n) is 6.79. The van der Waals surface area contributed by atoms with Gasteiger partial charge in [0, 0.05) is 49.3 Å². The van der Waals surface area contributed by atoms with Gasteiger partial charge in [-0.15, -0.1) is 5.53 Å². The van der Waals surface area contributed by atoms with E-state index in [4.69, 9.17) is 9.47 Å². The molecule has 1 saturated carbocycles. The van der Waals surface area contributed by atoms with Gasteiger partial charge in [-0.1, -0.05) is 0 Å². The second-order valence-corrected chi connectivity index (χ2v) is 10.5. The molecule has 10 heteroatoms. The van der Waals surface area contributed by atoms with E-state index in [9.17, 15) is 9.59 Å². The van der Waals surface area contributed by atoms with E-state index in [1.807, 2.05) is 53.1 Å². The van der Waals surface area contributed by atoms with E-state index in [1.54, 1.807) is 13.2 Å². The van der Waals surface area contributed by atoms with E-state index in [0.29, 0.717) is 71.6 Å². The summed E-state index contributed by atoms with van der Waals surface area (Å²) < 4.78 is 11.2. The largest absolute Gasteiger partial charge is 0.497 e. The summed E-state index contributed by atoms with van der Waals surface area (Å²) in [5.74, 6) is 3.06. The molecule has 10 nitrogen and oxygen atoms in total. The number of pyridine rings is 1. The van der Waals surface area contributed by atoms with Crippen LogP contribution in [0.15, 0.2) is 42.5 Å². The first-order valence-electron chi connectivity index (χ1n) is 13.1. The van der Waals surface area contributed by atoms with Gasteiger partial charge in [-0.05, 0) is 60.9 Å². The first kappa shape index (κ1) is 23.1. The van der Waals surface area contributed by atoms with Crippen molar-refractivity contribution >= 4 is 34.1 Å². The van der Waals surface area contributed by atoms with Crippen molar-refractivity contribution in [2.24, 2.45) is 23.7 Å². The second kappa shape index (κ2) is 8.76. The van der Waals surface area contributed by atoms with Crippen molar-refractivity contribution in [3.05, 3.63) is 53.7 Å². The molecule has 38 heavy (non-hydrogen) atoms. The van der Waals surface area contributed by atoms with Crippen molar-refractivity contribution in [2.75, 3.05) is 50.7 Å². The third-order valence-corrected chi connectivity index (χ3v) is 8.66. The molecule has 3 aromatic rings. The van der Waals surface area contributed by atoms with E-state index < -0.39 is 0 Å². The number of carbonyl (C=O) groups is 2. The van der Waals surface area contributed by atoms with Gasteiger partial charge in [-0.2, -0.15) is 0 Å². The highest BCUT2D eigenvalue weighted by Gasteiger charge is 2.59. The molecule has 0 spiro atoms. The molecule has 2 saturated heterocycles. The number of hydrazine groups is 2. The molecule has 3 N–H and O–H groups in total. The summed E-state index contributed by atoms with van der Waals surface area (Å²) in [6.07, 6.45) is 0. The van der Waals surface area contributed by atoms with Crippen LogP contribution in [0.3, 0.4) is 0 Å². The number of nitrogens with zero attached hydrogens (tertiary/aromatic N) is 3. The Labute approximate surface area is 220 Å². The number of aromatic nitrogens is 1. The van der Waals surface area contributed by atoms with E-state index >= 15 is 0 Å². The molecule has 2 amide bonds. The summed E-state index contributed by atoms with van der Waals surface area (Å²) in [7, 11) is 1.61. The summed E-state index contributed by atoms with van der Waals surface area (Å²) >= 11 is 0. The summed E-state index contributed by atoms with van der Waals surface area (Å²) in [4.78, 5) is 35.5. The Morgan fingerprint density at radius 1 is 0.895 bits per heavy atom. The van der Waals surface area contributed by atoms with Crippen LogP contribution in [0.5, 0.6) is 11.5 Å². The van der Waals surface area contributed by atoms with Crippen LogP contribution in [0.4, 0.5) is 11.4 Å². The van der Waals surface area contributed by atoms with Gasteiger partial charge in [-0.3, -0.25) is 9.59 Å². The molecular formula is C28H30N6O4. The average molecular weight is 515 g/mol. The Balaban J connectivity index is 1.06. The van der Waals surface area contributed by atoms with Crippen LogP contribution in [0, 0.1) is 23.7 Å². The molecule has 4 heterocycles.